The second-order valence-electron chi connectivity index (χ2n) is 4.44. The Bertz CT molecular complexity index is 562. The van der Waals surface area contributed by atoms with E-state index in [1.54, 1.807) is 6.26 Å². The molecule has 2 aromatic carbocycles. The number of aliphatic hydroxyl groups excluding tert-OH is 2. The molecule has 0 aliphatic carbocycles. The van der Waals surface area contributed by atoms with Crippen LogP contribution in [0.5, 0.6) is 0 Å². The van der Waals surface area contributed by atoms with Gasteiger partial charge in [-0.25, -0.2) is 0 Å². The molecule has 0 unspecified atom stereocenters. The fourth-order valence-electron chi connectivity index (χ4n) is 1.90. The molecule has 0 heterocycles. The van der Waals surface area contributed by atoms with Gasteiger partial charge >= 0.3 is 0 Å². The Balaban J connectivity index is 1.94. The van der Waals surface area contributed by atoms with Crippen LogP contribution in [-0.2, 0) is 24.6 Å². The Morgan fingerprint density at radius 3 is 2.35 bits per heavy atom. The fourth-order valence-corrected chi connectivity index (χ4v) is 1.90. The minimum atomic E-state index is -0.0809. The van der Waals surface area contributed by atoms with Crippen LogP contribution in [0.2, 0.25) is 0 Å². The Kier molecular flexibility index (Phi) is 5.35. The minimum absolute atomic E-state index is 0.0651. The number of benzene rings is 2. The third kappa shape index (κ3) is 3.95. The van der Waals surface area contributed by atoms with Crippen molar-refractivity contribution in [3.05, 3.63) is 77.0 Å². The van der Waals surface area contributed by atoms with Crippen molar-refractivity contribution in [2.24, 2.45) is 0 Å². The second-order valence-corrected chi connectivity index (χ2v) is 4.44. The van der Waals surface area contributed by atoms with Crippen LogP contribution in [0.15, 0.2) is 54.8 Å². The maximum Gasteiger partial charge on any atom is 0.112 e. The highest BCUT2D eigenvalue weighted by Crippen LogP contribution is 2.14. The molecule has 104 valence electrons. The van der Waals surface area contributed by atoms with Gasteiger partial charge in [-0.15, -0.1) is 0 Å². The highest BCUT2D eigenvalue weighted by molar-refractivity contribution is 5.51. The molecular formula is C17H18O3. The zero-order valence-corrected chi connectivity index (χ0v) is 11.2. The average Bonchev–Trinajstić information content (AvgIpc) is 2.52. The smallest absolute Gasteiger partial charge is 0.112 e. The number of ether oxygens (including phenoxy) is 1. The van der Waals surface area contributed by atoms with Crippen molar-refractivity contribution in [1.82, 2.24) is 0 Å². The Morgan fingerprint density at radius 1 is 0.900 bits per heavy atom. The molecule has 0 atom stereocenters. The highest BCUT2D eigenvalue weighted by atomic mass is 16.5. The molecule has 2 rings (SSSR count). The summed E-state index contributed by atoms with van der Waals surface area (Å²) in [6.45, 7) is 0.381. The van der Waals surface area contributed by atoms with Crippen LogP contribution < -0.4 is 0 Å². The normalized spacial score (nSPS) is 10.9. The first kappa shape index (κ1) is 14.3. The van der Waals surface area contributed by atoms with Gasteiger partial charge in [-0.3, -0.25) is 0 Å². The molecule has 2 N–H and O–H groups in total. The first-order valence-corrected chi connectivity index (χ1v) is 6.49. The van der Waals surface area contributed by atoms with Crippen molar-refractivity contribution in [1.29, 1.82) is 0 Å². The van der Waals surface area contributed by atoms with Crippen molar-refractivity contribution < 1.29 is 14.9 Å². The van der Waals surface area contributed by atoms with Crippen LogP contribution >= 0.6 is 0 Å². The van der Waals surface area contributed by atoms with Crippen LogP contribution in [0.25, 0.3) is 6.08 Å². The van der Waals surface area contributed by atoms with Crippen LogP contribution in [0.3, 0.4) is 0 Å². The fraction of sp³-hybridized carbons (Fsp3) is 0.176. The Hall–Kier alpha value is -2.10. The monoisotopic (exact) mass is 270 g/mol. The van der Waals surface area contributed by atoms with Crippen LogP contribution in [-0.4, -0.2) is 10.2 Å². The van der Waals surface area contributed by atoms with E-state index in [4.69, 9.17) is 9.84 Å². The third-order valence-electron chi connectivity index (χ3n) is 3.02. The number of hydrogen-bond donors (Lipinski definition) is 2. The average molecular weight is 270 g/mol. The summed E-state index contributed by atoms with van der Waals surface area (Å²) in [5.74, 6) is 0. The first-order valence-electron chi connectivity index (χ1n) is 6.49. The summed E-state index contributed by atoms with van der Waals surface area (Å²) in [5.41, 5.74) is 3.52. The summed E-state index contributed by atoms with van der Waals surface area (Å²) in [6.07, 6.45) is 3.48. The van der Waals surface area contributed by atoms with E-state index in [1.165, 1.54) is 0 Å². The molecule has 0 saturated carbocycles. The van der Waals surface area contributed by atoms with Gasteiger partial charge < -0.3 is 14.9 Å². The van der Waals surface area contributed by atoms with E-state index in [1.807, 2.05) is 54.6 Å². The van der Waals surface area contributed by atoms with E-state index >= 15 is 0 Å². The molecule has 3 nitrogen and oxygen atoms in total. The van der Waals surface area contributed by atoms with Crippen LogP contribution in [0.1, 0.15) is 22.3 Å². The van der Waals surface area contributed by atoms with E-state index in [-0.39, 0.29) is 13.2 Å². The topological polar surface area (TPSA) is 49.7 Å². The molecule has 0 saturated heterocycles. The molecule has 0 amide bonds. The van der Waals surface area contributed by atoms with Gasteiger partial charge in [0.15, 0.2) is 0 Å². The zero-order valence-electron chi connectivity index (χ0n) is 11.2. The predicted molar refractivity (Wildman–Crippen MR) is 78.6 cm³/mol. The summed E-state index contributed by atoms with van der Waals surface area (Å²) >= 11 is 0. The van der Waals surface area contributed by atoms with Crippen molar-refractivity contribution in [2.75, 3.05) is 0 Å². The Morgan fingerprint density at radius 2 is 1.65 bits per heavy atom. The van der Waals surface area contributed by atoms with Crippen molar-refractivity contribution in [3.63, 3.8) is 0 Å². The van der Waals surface area contributed by atoms with Gasteiger partial charge in [0.1, 0.15) is 6.61 Å². The zero-order chi connectivity index (χ0) is 14.2. The summed E-state index contributed by atoms with van der Waals surface area (Å²) in [7, 11) is 0. The predicted octanol–water partition coefficient (Wildman–Crippen LogP) is 2.86. The molecule has 0 aliphatic heterocycles. The lowest BCUT2D eigenvalue weighted by Gasteiger charge is -2.05. The third-order valence-corrected chi connectivity index (χ3v) is 3.02. The van der Waals surface area contributed by atoms with Gasteiger partial charge in [0.2, 0.25) is 0 Å². The van der Waals surface area contributed by atoms with E-state index in [2.05, 4.69) is 0 Å². The molecule has 3 heteroatoms. The largest absolute Gasteiger partial charge is 0.496 e. The maximum absolute atomic E-state index is 9.23. The van der Waals surface area contributed by atoms with Crippen molar-refractivity contribution in [2.45, 2.75) is 19.8 Å². The number of rotatable bonds is 6. The van der Waals surface area contributed by atoms with E-state index < -0.39 is 0 Å². The maximum atomic E-state index is 9.23. The quantitative estimate of drug-likeness (QED) is 0.794. The van der Waals surface area contributed by atoms with E-state index in [0.717, 1.165) is 22.3 Å². The summed E-state index contributed by atoms with van der Waals surface area (Å²) < 4.78 is 5.46. The summed E-state index contributed by atoms with van der Waals surface area (Å²) in [5, 5.41) is 18.4. The van der Waals surface area contributed by atoms with E-state index in [9.17, 15) is 5.11 Å². The van der Waals surface area contributed by atoms with E-state index in [0.29, 0.717) is 6.61 Å². The molecule has 2 aromatic rings. The molecule has 0 bridgehead atoms. The standard InChI is InChI=1S/C17H18O3/c18-11-16-7-6-14(10-17(16)12-19)8-9-20-13-15-4-2-1-3-5-15/h1-10,18-19H,11-13H2. The van der Waals surface area contributed by atoms with Gasteiger partial charge in [-0.1, -0.05) is 42.5 Å². The summed E-state index contributed by atoms with van der Waals surface area (Å²) in [4.78, 5) is 0. The van der Waals surface area contributed by atoms with Gasteiger partial charge in [-0.2, -0.15) is 0 Å². The summed E-state index contributed by atoms with van der Waals surface area (Å²) in [6, 6.07) is 15.5. The number of hydrogen-bond acceptors (Lipinski definition) is 3. The lowest BCUT2D eigenvalue weighted by molar-refractivity contribution is 0.239. The van der Waals surface area contributed by atoms with Gasteiger partial charge in [0, 0.05) is 0 Å². The molecule has 0 radical (unpaired) electrons. The van der Waals surface area contributed by atoms with Crippen LogP contribution in [0.4, 0.5) is 0 Å². The number of aliphatic hydroxyl groups is 2. The highest BCUT2D eigenvalue weighted by Gasteiger charge is 2.00. The molecule has 0 fully saturated rings. The SMILES string of the molecule is OCc1ccc(C=COCc2ccccc2)cc1CO. The molecule has 0 aliphatic rings. The molecule has 0 spiro atoms. The second kappa shape index (κ2) is 7.48. The first-order chi connectivity index (χ1) is 9.83. The van der Waals surface area contributed by atoms with Crippen LogP contribution in [0, 0.1) is 0 Å². The molecule has 20 heavy (non-hydrogen) atoms. The van der Waals surface area contributed by atoms with Crippen molar-refractivity contribution in [3.8, 4) is 0 Å². The van der Waals surface area contributed by atoms with Gasteiger partial charge in [0.05, 0.1) is 19.5 Å². The lowest BCUT2D eigenvalue weighted by Crippen LogP contribution is -1.94. The Labute approximate surface area is 118 Å². The molecule has 0 aromatic heterocycles. The van der Waals surface area contributed by atoms with Crippen molar-refractivity contribution >= 4 is 6.08 Å². The van der Waals surface area contributed by atoms with Gasteiger partial charge in [-0.05, 0) is 34.4 Å². The molecular weight excluding hydrogens is 252 g/mol. The lowest BCUT2D eigenvalue weighted by atomic mass is 10.1. The minimum Gasteiger partial charge on any atom is -0.496 e. The van der Waals surface area contributed by atoms with Gasteiger partial charge in [0.25, 0.3) is 0 Å².